The Labute approximate surface area is 218 Å². The molecule has 0 saturated heterocycles. The molecule has 4 rings (SSSR count). The average Bonchev–Trinajstić information content (AvgIpc) is 3.22. The molecule has 7 nitrogen and oxygen atoms in total. The van der Waals surface area contributed by atoms with Gasteiger partial charge in [0.2, 0.25) is 0 Å². The highest BCUT2D eigenvalue weighted by molar-refractivity contribution is 6.33. The van der Waals surface area contributed by atoms with Crippen LogP contribution in [0.1, 0.15) is 47.4 Å². The van der Waals surface area contributed by atoms with Gasteiger partial charge in [-0.25, -0.2) is 13.6 Å². The van der Waals surface area contributed by atoms with E-state index >= 15 is 0 Å². The van der Waals surface area contributed by atoms with Crippen LogP contribution in [0.4, 0.5) is 8.78 Å². The molecule has 10 heteroatoms. The monoisotopic (exact) mass is 531 g/mol. The van der Waals surface area contributed by atoms with Gasteiger partial charge in [-0.05, 0) is 83.0 Å². The summed E-state index contributed by atoms with van der Waals surface area (Å²) in [6.07, 6.45) is 1.94. The number of ether oxygens (including phenoxy) is 1. The number of benzene rings is 2. The Morgan fingerprint density at radius 3 is 2.32 bits per heavy atom. The summed E-state index contributed by atoms with van der Waals surface area (Å²) in [7, 11) is 3.88. The molecule has 0 aliphatic heterocycles. The molecule has 196 valence electrons. The van der Waals surface area contributed by atoms with Crippen LogP contribution in [0.5, 0.6) is 0 Å². The molecule has 1 aliphatic carbocycles. The molecule has 0 bridgehead atoms. The number of halogens is 3. The summed E-state index contributed by atoms with van der Waals surface area (Å²) in [4.78, 5) is 28.1. The number of carbonyl (C=O) groups excluding carboxylic acids is 2. The zero-order chi connectivity index (χ0) is 27.0. The van der Waals surface area contributed by atoms with Gasteiger partial charge in [-0.15, -0.1) is 0 Å². The molecule has 3 aromatic rings. The Morgan fingerprint density at radius 1 is 1.11 bits per heavy atom. The topological polar surface area (TPSA) is 98.7 Å². The Hall–Kier alpha value is -3.30. The molecular weight excluding hydrogens is 504 g/mol. The second-order valence-electron chi connectivity index (χ2n) is 9.73. The van der Waals surface area contributed by atoms with Crippen molar-refractivity contribution in [1.82, 2.24) is 10.1 Å². The van der Waals surface area contributed by atoms with Crippen LogP contribution in [0.15, 0.2) is 47.0 Å². The molecular formula is C27H28ClF2N3O4. The molecule has 0 spiro atoms. The van der Waals surface area contributed by atoms with E-state index in [1.54, 1.807) is 12.1 Å². The minimum absolute atomic E-state index is 0.0428. The number of hydrogen-bond acceptors (Lipinski definition) is 6. The van der Waals surface area contributed by atoms with E-state index in [9.17, 15) is 18.4 Å². The summed E-state index contributed by atoms with van der Waals surface area (Å²) in [6.45, 7) is 1.49. The highest BCUT2D eigenvalue weighted by Crippen LogP contribution is 2.43. The Bertz CT molecular complexity index is 1300. The highest BCUT2D eigenvalue weighted by Gasteiger charge is 2.50. The molecule has 0 atom stereocenters. The SMILES string of the molecule is Cc1onc(-c2c(F)cccc2Cl)c1C(=O)OC1(C(N)=O)CCC(Cc2ccc(F)cc2)(N(C)C)CC1. The van der Waals surface area contributed by atoms with E-state index in [4.69, 9.17) is 26.6 Å². The van der Waals surface area contributed by atoms with Crippen molar-refractivity contribution in [1.29, 1.82) is 0 Å². The van der Waals surface area contributed by atoms with E-state index in [1.807, 2.05) is 14.1 Å². The van der Waals surface area contributed by atoms with Gasteiger partial charge >= 0.3 is 5.97 Å². The van der Waals surface area contributed by atoms with Crippen LogP contribution in [-0.2, 0) is 16.0 Å². The van der Waals surface area contributed by atoms with Gasteiger partial charge in [0.15, 0.2) is 5.60 Å². The number of nitrogens with two attached hydrogens (primary N) is 1. The fourth-order valence-corrected chi connectivity index (χ4v) is 5.27. The summed E-state index contributed by atoms with van der Waals surface area (Å²) in [5.74, 6) is -2.58. The first-order valence-electron chi connectivity index (χ1n) is 11.8. The van der Waals surface area contributed by atoms with Gasteiger partial charge in [-0.1, -0.05) is 35.0 Å². The van der Waals surface area contributed by atoms with Gasteiger partial charge in [0, 0.05) is 5.54 Å². The maximum Gasteiger partial charge on any atom is 0.345 e. The van der Waals surface area contributed by atoms with Crippen molar-refractivity contribution in [2.45, 2.75) is 50.2 Å². The summed E-state index contributed by atoms with van der Waals surface area (Å²) >= 11 is 6.18. The number of primary amides is 1. The third-order valence-corrected chi connectivity index (χ3v) is 7.70. The number of carbonyl (C=O) groups is 2. The lowest BCUT2D eigenvalue weighted by atomic mass is 9.70. The van der Waals surface area contributed by atoms with Gasteiger partial charge in [0.25, 0.3) is 5.91 Å². The maximum atomic E-state index is 14.6. The van der Waals surface area contributed by atoms with Crippen molar-refractivity contribution in [2.24, 2.45) is 5.73 Å². The van der Waals surface area contributed by atoms with E-state index < -0.39 is 23.3 Å². The number of amides is 1. The second-order valence-corrected chi connectivity index (χ2v) is 10.1. The zero-order valence-corrected chi connectivity index (χ0v) is 21.6. The molecule has 2 N–H and O–H groups in total. The fraction of sp³-hybridized carbons (Fsp3) is 0.370. The van der Waals surface area contributed by atoms with E-state index in [1.165, 1.54) is 37.3 Å². The summed E-state index contributed by atoms with van der Waals surface area (Å²) in [6, 6.07) is 10.4. The van der Waals surface area contributed by atoms with Crippen LogP contribution in [-0.4, -0.2) is 47.2 Å². The lowest BCUT2D eigenvalue weighted by Crippen LogP contribution is -2.57. The molecule has 37 heavy (non-hydrogen) atoms. The quantitative estimate of drug-likeness (QED) is 0.427. The molecule has 2 aromatic carbocycles. The van der Waals surface area contributed by atoms with Gasteiger partial charge < -0.3 is 19.9 Å². The number of nitrogens with zero attached hydrogens (tertiary/aromatic N) is 2. The van der Waals surface area contributed by atoms with Gasteiger partial charge in [-0.3, -0.25) is 4.79 Å². The maximum absolute atomic E-state index is 14.6. The van der Waals surface area contributed by atoms with Crippen molar-refractivity contribution < 1.29 is 27.6 Å². The van der Waals surface area contributed by atoms with E-state index in [0.717, 1.165) is 5.56 Å². The van der Waals surface area contributed by atoms with Gasteiger partial charge in [0.1, 0.15) is 28.7 Å². The van der Waals surface area contributed by atoms with E-state index in [-0.39, 0.29) is 51.8 Å². The first-order valence-corrected chi connectivity index (χ1v) is 12.2. The summed E-state index contributed by atoms with van der Waals surface area (Å²) in [5, 5.41) is 3.88. The van der Waals surface area contributed by atoms with E-state index in [0.29, 0.717) is 19.3 Å². The third-order valence-electron chi connectivity index (χ3n) is 7.39. The number of likely N-dealkylation sites (N-methyl/N-ethyl adjacent to an activating group) is 1. The van der Waals surface area contributed by atoms with E-state index in [2.05, 4.69) is 10.1 Å². The molecule has 1 saturated carbocycles. The first-order chi connectivity index (χ1) is 17.5. The predicted octanol–water partition coefficient (Wildman–Crippen LogP) is 5.08. The molecule has 0 unspecified atom stereocenters. The van der Waals surface area contributed by atoms with Crippen molar-refractivity contribution in [3.63, 3.8) is 0 Å². The lowest BCUT2D eigenvalue weighted by Gasteiger charge is -2.48. The second kappa shape index (κ2) is 10.2. The standard InChI is InChI=1S/C27H28ClF2N3O4/c1-16-21(23(32-37-16)22-19(28)5-4-6-20(22)30)24(34)36-27(25(31)35)13-11-26(12-14-27,33(2)3)15-17-7-9-18(29)10-8-17/h4-10H,11-15H2,1-3H3,(H2,31,35). The smallest absolute Gasteiger partial charge is 0.345 e. The first kappa shape index (κ1) is 26.8. The van der Waals surface area contributed by atoms with Crippen LogP contribution in [0, 0.1) is 18.6 Å². The van der Waals surface area contributed by atoms with Crippen LogP contribution >= 0.6 is 11.6 Å². The highest BCUT2D eigenvalue weighted by atomic mass is 35.5. The van der Waals surface area contributed by atoms with Crippen molar-refractivity contribution in [3.8, 4) is 11.3 Å². The Balaban J connectivity index is 1.61. The average molecular weight is 532 g/mol. The third kappa shape index (κ3) is 5.10. The molecule has 1 aliphatic rings. The van der Waals surface area contributed by atoms with Crippen LogP contribution in [0.3, 0.4) is 0 Å². The summed E-state index contributed by atoms with van der Waals surface area (Å²) in [5.41, 5.74) is 4.47. The van der Waals surface area contributed by atoms with Gasteiger partial charge in [-0.2, -0.15) is 0 Å². The minimum atomic E-state index is -1.57. The van der Waals surface area contributed by atoms with Crippen LogP contribution in [0.25, 0.3) is 11.3 Å². The number of hydrogen-bond donors (Lipinski definition) is 1. The largest absolute Gasteiger partial charge is 0.445 e. The fourth-order valence-electron chi connectivity index (χ4n) is 5.02. The Morgan fingerprint density at radius 2 is 1.76 bits per heavy atom. The molecule has 1 heterocycles. The number of esters is 1. The van der Waals surface area contributed by atoms with Crippen molar-refractivity contribution in [3.05, 3.63) is 76.0 Å². The lowest BCUT2D eigenvalue weighted by molar-refractivity contribution is -0.144. The number of aryl methyl sites for hydroxylation is 1. The van der Waals surface area contributed by atoms with Crippen molar-refractivity contribution >= 4 is 23.5 Å². The molecule has 1 amide bonds. The number of rotatable bonds is 7. The molecule has 1 fully saturated rings. The summed E-state index contributed by atoms with van der Waals surface area (Å²) < 4.78 is 39.0. The zero-order valence-electron chi connectivity index (χ0n) is 20.8. The normalized spacial score (nSPS) is 21.7. The molecule has 0 radical (unpaired) electrons. The minimum Gasteiger partial charge on any atom is -0.445 e. The molecule has 1 aromatic heterocycles. The van der Waals surface area contributed by atoms with Crippen molar-refractivity contribution in [2.75, 3.05) is 14.1 Å². The van der Waals surface area contributed by atoms with Crippen LogP contribution < -0.4 is 5.73 Å². The number of aromatic nitrogens is 1. The Kier molecular flexibility index (Phi) is 7.39. The predicted molar refractivity (Wildman–Crippen MR) is 134 cm³/mol. The van der Waals surface area contributed by atoms with Gasteiger partial charge in [0.05, 0.1) is 10.6 Å². The van der Waals surface area contributed by atoms with Crippen LogP contribution in [0.2, 0.25) is 5.02 Å².